The second-order valence-corrected chi connectivity index (χ2v) is 7.90. The largest absolute Gasteiger partial charge is 0.462 e. The smallest absolute Gasteiger partial charge is 0.338 e. The number of rotatable bonds is 6. The number of carbonyl (C=O) groups is 2. The lowest BCUT2D eigenvalue weighted by Crippen LogP contribution is -2.21. The minimum Gasteiger partial charge on any atom is -0.462 e. The van der Waals surface area contributed by atoms with E-state index in [0.717, 1.165) is 11.3 Å². The number of amides is 1. The van der Waals surface area contributed by atoms with E-state index in [1.807, 2.05) is 13.8 Å². The van der Waals surface area contributed by atoms with Crippen LogP contribution in [-0.2, 0) is 9.53 Å². The highest BCUT2D eigenvalue weighted by Gasteiger charge is 2.29. The monoisotopic (exact) mass is 473 g/mol. The van der Waals surface area contributed by atoms with Gasteiger partial charge in [-0.1, -0.05) is 6.07 Å². The van der Waals surface area contributed by atoms with Crippen LogP contribution >= 0.6 is 0 Å². The van der Waals surface area contributed by atoms with Crippen molar-refractivity contribution in [3.63, 3.8) is 0 Å². The predicted octanol–water partition coefficient (Wildman–Crippen LogP) is 4.38. The first kappa shape index (κ1) is 23.6. The van der Waals surface area contributed by atoms with Crippen molar-refractivity contribution in [2.45, 2.75) is 27.7 Å². The summed E-state index contributed by atoms with van der Waals surface area (Å²) in [6.07, 6.45) is 1.74. The number of nitro groups is 1. The number of nitrogens with zero attached hydrogens (tertiary/aromatic N) is 5. The molecular weight excluding hydrogens is 450 g/mol. The van der Waals surface area contributed by atoms with Gasteiger partial charge in [-0.05, 0) is 64.1 Å². The first-order valence-corrected chi connectivity index (χ1v) is 10.9. The van der Waals surface area contributed by atoms with Crippen LogP contribution in [0.15, 0.2) is 59.2 Å². The van der Waals surface area contributed by atoms with Crippen molar-refractivity contribution in [1.29, 1.82) is 0 Å². The van der Waals surface area contributed by atoms with E-state index in [1.54, 1.807) is 61.0 Å². The summed E-state index contributed by atoms with van der Waals surface area (Å²) in [7, 11) is 0. The van der Waals surface area contributed by atoms with Crippen molar-refractivity contribution in [2.75, 3.05) is 11.6 Å². The minimum atomic E-state index is -0.455. The van der Waals surface area contributed by atoms with Crippen LogP contribution in [0.2, 0.25) is 0 Å². The Kier molecular flexibility index (Phi) is 6.28. The molecule has 2 aromatic carbocycles. The van der Waals surface area contributed by atoms with E-state index in [1.165, 1.54) is 17.1 Å². The van der Waals surface area contributed by atoms with E-state index in [0.29, 0.717) is 33.9 Å². The van der Waals surface area contributed by atoms with E-state index in [4.69, 9.17) is 4.74 Å². The van der Waals surface area contributed by atoms with Crippen molar-refractivity contribution in [1.82, 2.24) is 9.78 Å². The molecule has 0 unspecified atom stereocenters. The number of hydrogen-bond donors (Lipinski definition) is 0. The Morgan fingerprint density at radius 3 is 2.49 bits per heavy atom. The molecule has 0 saturated heterocycles. The number of aryl methyl sites for hydroxylation is 1. The molecular formula is C25H23N5O5. The maximum atomic E-state index is 13.2. The second-order valence-electron chi connectivity index (χ2n) is 7.90. The summed E-state index contributed by atoms with van der Waals surface area (Å²) in [5, 5.41) is 21.4. The van der Waals surface area contributed by atoms with E-state index in [2.05, 4.69) is 10.2 Å². The molecule has 3 aromatic rings. The molecule has 1 amide bonds. The Morgan fingerprint density at radius 1 is 1.11 bits per heavy atom. The van der Waals surface area contributed by atoms with Crippen molar-refractivity contribution < 1.29 is 19.2 Å². The van der Waals surface area contributed by atoms with Crippen LogP contribution in [0.1, 0.15) is 41.2 Å². The summed E-state index contributed by atoms with van der Waals surface area (Å²) in [4.78, 5) is 35.8. The summed E-state index contributed by atoms with van der Waals surface area (Å²) in [5.41, 5.74) is 4.49. The molecule has 10 heteroatoms. The zero-order valence-corrected chi connectivity index (χ0v) is 19.7. The molecule has 2 heterocycles. The fraction of sp³-hybridized carbons (Fsp3) is 0.200. The third-order valence-electron chi connectivity index (χ3n) is 5.61. The van der Waals surface area contributed by atoms with Gasteiger partial charge in [0, 0.05) is 23.4 Å². The van der Waals surface area contributed by atoms with Crippen LogP contribution in [0.4, 0.5) is 11.4 Å². The quantitative estimate of drug-likeness (QED) is 0.227. The highest BCUT2D eigenvalue weighted by molar-refractivity contribution is 6.32. The Bertz CT molecular complexity index is 1400. The van der Waals surface area contributed by atoms with Crippen LogP contribution in [0.5, 0.6) is 0 Å². The molecule has 0 aliphatic carbocycles. The normalized spacial score (nSPS) is 14.4. The molecule has 1 aliphatic rings. The van der Waals surface area contributed by atoms with Gasteiger partial charge < -0.3 is 4.74 Å². The lowest BCUT2D eigenvalue weighted by molar-refractivity contribution is -0.384. The highest BCUT2D eigenvalue weighted by Crippen LogP contribution is 2.28. The summed E-state index contributed by atoms with van der Waals surface area (Å²) < 4.78 is 6.61. The predicted molar refractivity (Wildman–Crippen MR) is 131 cm³/mol. The highest BCUT2D eigenvalue weighted by atomic mass is 16.6. The topological polar surface area (TPSA) is 120 Å². The number of carbonyl (C=O) groups excluding carboxylic acids is 2. The number of non-ortho nitro benzene ring substituents is 1. The van der Waals surface area contributed by atoms with Gasteiger partial charge in [-0.3, -0.25) is 14.9 Å². The standard InChI is InChI=1S/C25H23N5O5/c1-5-35-25(32)18-9-11-19(12-10-18)29-24(31)23(16(3)27-29)14-22-15(2)26-28(17(22)4)20-7-6-8-21(13-20)30(33)34/h6-14H,5H2,1-4H3/b23-14-. The molecule has 4 rings (SSSR count). The molecule has 1 aliphatic heterocycles. The van der Waals surface area contributed by atoms with Crippen LogP contribution < -0.4 is 5.01 Å². The summed E-state index contributed by atoms with van der Waals surface area (Å²) in [6.45, 7) is 7.40. The number of hydrazone groups is 1. The molecule has 10 nitrogen and oxygen atoms in total. The van der Waals surface area contributed by atoms with Crippen molar-refractivity contribution in [3.8, 4) is 5.69 Å². The third-order valence-corrected chi connectivity index (χ3v) is 5.61. The van der Waals surface area contributed by atoms with Crippen molar-refractivity contribution in [2.24, 2.45) is 5.10 Å². The van der Waals surface area contributed by atoms with Gasteiger partial charge in [-0.2, -0.15) is 15.2 Å². The number of ether oxygens (including phenoxy) is 1. The average Bonchev–Trinajstić information content (AvgIpc) is 3.29. The Morgan fingerprint density at radius 2 is 1.83 bits per heavy atom. The van der Waals surface area contributed by atoms with Gasteiger partial charge in [0.1, 0.15) is 0 Å². The number of anilines is 1. The van der Waals surface area contributed by atoms with Crippen molar-refractivity contribution in [3.05, 3.63) is 86.7 Å². The van der Waals surface area contributed by atoms with Gasteiger partial charge in [0.25, 0.3) is 11.6 Å². The molecule has 0 spiro atoms. The SMILES string of the molecule is CCOC(=O)c1ccc(N2N=C(C)/C(=C/c3c(C)nn(-c4cccc([N+](=O)[O-])c4)c3C)C2=O)cc1. The first-order chi connectivity index (χ1) is 16.7. The molecule has 0 atom stereocenters. The van der Waals surface area contributed by atoms with Crippen LogP contribution in [0.25, 0.3) is 11.8 Å². The van der Waals surface area contributed by atoms with Gasteiger partial charge in [0.15, 0.2) is 0 Å². The molecule has 0 fully saturated rings. The fourth-order valence-corrected chi connectivity index (χ4v) is 3.81. The van der Waals surface area contributed by atoms with E-state index >= 15 is 0 Å². The van der Waals surface area contributed by atoms with Crippen molar-refractivity contribution >= 4 is 35.0 Å². The number of esters is 1. The van der Waals surface area contributed by atoms with Gasteiger partial charge in [0.2, 0.25) is 0 Å². The molecule has 0 bridgehead atoms. The molecule has 0 N–H and O–H groups in total. The molecule has 1 aromatic heterocycles. The van der Waals surface area contributed by atoms with Gasteiger partial charge in [0.05, 0.1) is 45.4 Å². The van der Waals surface area contributed by atoms with E-state index < -0.39 is 10.9 Å². The summed E-state index contributed by atoms with van der Waals surface area (Å²) in [6, 6.07) is 12.7. The molecule has 0 radical (unpaired) electrons. The third kappa shape index (κ3) is 4.45. The number of benzene rings is 2. The number of nitro benzene ring substituents is 1. The zero-order chi connectivity index (χ0) is 25.3. The van der Waals surface area contributed by atoms with Crippen LogP contribution in [0.3, 0.4) is 0 Å². The minimum absolute atomic E-state index is 0.0338. The molecule has 35 heavy (non-hydrogen) atoms. The average molecular weight is 473 g/mol. The molecule has 178 valence electrons. The molecule has 0 saturated carbocycles. The maximum Gasteiger partial charge on any atom is 0.338 e. The second kappa shape index (κ2) is 9.34. The number of aromatic nitrogens is 2. The van der Waals surface area contributed by atoms with Gasteiger partial charge in [-0.15, -0.1) is 0 Å². The van der Waals surface area contributed by atoms with Crippen LogP contribution in [0, 0.1) is 24.0 Å². The van der Waals surface area contributed by atoms with E-state index in [-0.39, 0.29) is 18.2 Å². The van der Waals surface area contributed by atoms with Crippen LogP contribution in [-0.4, -0.2) is 38.9 Å². The Balaban J connectivity index is 1.64. The van der Waals surface area contributed by atoms with Gasteiger partial charge >= 0.3 is 5.97 Å². The first-order valence-electron chi connectivity index (χ1n) is 10.9. The van der Waals surface area contributed by atoms with Gasteiger partial charge in [-0.25, -0.2) is 9.48 Å². The Hall–Kier alpha value is -4.60. The summed E-state index contributed by atoms with van der Waals surface area (Å²) >= 11 is 0. The maximum absolute atomic E-state index is 13.2. The summed E-state index contributed by atoms with van der Waals surface area (Å²) in [5.74, 6) is -0.743. The Labute approximate surface area is 201 Å². The lowest BCUT2D eigenvalue weighted by atomic mass is 10.1. The number of hydrogen-bond acceptors (Lipinski definition) is 7. The lowest BCUT2D eigenvalue weighted by Gasteiger charge is -2.12. The zero-order valence-electron chi connectivity index (χ0n) is 19.7. The van der Waals surface area contributed by atoms with E-state index in [9.17, 15) is 19.7 Å². The fourth-order valence-electron chi connectivity index (χ4n) is 3.81.